The predicted octanol–water partition coefficient (Wildman–Crippen LogP) is 10.8. The van der Waals surface area contributed by atoms with Gasteiger partial charge in [-0.05, 0) is 112 Å². The summed E-state index contributed by atoms with van der Waals surface area (Å²) in [5.74, 6) is 0.0340. The molecule has 58 heavy (non-hydrogen) atoms. The predicted molar refractivity (Wildman–Crippen MR) is 231 cm³/mol. The van der Waals surface area contributed by atoms with Gasteiger partial charge in [-0.15, -0.1) is 0 Å². The Balaban J connectivity index is 0.858. The fraction of sp³-hybridized carbons (Fsp3) is 0.220. The number of nitrogens with zero attached hydrogens (tertiary/aromatic N) is 1. The molecule has 0 aliphatic rings. The number of unbranched alkanes of at least 4 members (excludes halogenated alkanes) is 2. The van der Waals surface area contributed by atoms with Gasteiger partial charge in [0.05, 0.1) is 30.9 Å². The van der Waals surface area contributed by atoms with Crippen LogP contribution in [0.1, 0.15) is 52.8 Å². The highest BCUT2D eigenvalue weighted by atomic mass is 16.5. The van der Waals surface area contributed by atoms with Crippen molar-refractivity contribution in [2.45, 2.75) is 32.1 Å². The molecule has 0 spiro atoms. The Morgan fingerprint density at radius 1 is 0.466 bits per heavy atom. The first-order chi connectivity index (χ1) is 28.5. The zero-order chi connectivity index (χ0) is 39.7. The number of esters is 2. The van der Waals surface area contributed by atoms with Gasteiger partial charge in [-0.25, -0.2) is 14.4 Å². The highest BCUT2D eigenvalue weighted by molar-refractivity contribution is 6.17. The Kier molecular flexibility index (Phi) is 12.0. The number of hydrogen-bond acceptors (Lipinski definition) is 8. The van der Waals surface area contributed by atoms with Crippen LogP contribution in [0.2, 0.25) is 0 Å². The van der Waals surface area contributed by atoms with Gasteiger partial charge < -0.3 is 23.5 Å². The zero-order valence-electron chi connectivity index (χ0n) is 32.4. The van der Waals surface area contributed by atoms with Gasteiger partial charge in [-0.1, -0.05) is 97.1 Å². The maximum Gasteiger partial charge on any atom is 0.339 e. The second-order valence-corrected chi connectivity index (χ2v) is 14.6. The van der Waals surface area contributed by atoms with E-state index >= 15 is 0 Å². The summed E-state index contributed by atoms with van der Waals surface area (Å²) in [5, 5.41) is 8.45. The minimum absolute atomic E-state index is 0.296. The van der Waals surface area contributed by atoms with Crippen molar-refractivity contribution in [2.24, 2.45) is 0 Å². The Morgan fingerprint density at radius 3 is 1.48 bits per heavy atom. The van der Waals surface area contributed by atoms with Crippen LogP contribution >= 0.6 is 0 Å². The number of hydrogen-bond donors (Lipinski definition) is 0. The minimum Gasteiger partial charge on any atom is -0.493 e. The van der Waals surface area contributed by atoms with Crippen LogP contribution in [0.3, 0.4) is 0 Å². The minimum atomic E-state index is -0.395. The lowest BCUT2D eigenvalue weighted by atomic mass is 9.97. The molecule has 8 aromatic rings. The average Bonchev–Trinajstić information content (AvgIpc) is 3.25. The lowest BCUT2D eigenvalue weighted by molar-refractivity contribution is 0.0490. The lowest BCUT2D eigenvalue weighted by Crippen LogP contribution is -2.29. The Bertz CT molecular complexity index is 2680. The third-order valence-corrected chi connectivity index (χ3v) is 10.6. The smallest absolute Gasteiger partial charge is 0.339 e. The monoisotopic (exact) mass is 771 g/mol. The molecule has 292 valence electrons. The molecule has 0 atom stereocenters. The molecule has 0 bridgehead atoms. The molecule has 1 aromatic heterocycles. The van der Waals surface area contributed by atoms with E-state index in [0.29, 0.717) is 48.7 Å². The SMILES string of the molecule is O=C(OCCCCCN(CCCOC(=O)c1c2ccccc2cc2ccccc12)CCCOc1ccc2ccc(=O)oc2c1)c1c2ccccc2cc2ccccc12. The van der Waals surface area contributed by atoms with Crippen LogP contribution in [-0.4, -0.2) is 56.3 Å². The first-order valence-corrected chi connectivity index (χ1v) is 20.1. The van der Waals surface area contributed by atoms with Gasteiger partial charge >= 0.3 is 17.6 Å². The molecule has 0 amide bonds. The quantitative estimate of drug-likeness (QED) is 0.0391. The number of rotatable bonds is 17. The van der Waals surface area contributed by atoms with Crippen LogP contribution in [0.25, 0.3) is 54.1 Å². The van der Waals surface area contributed by atoms with Gasteiger partial charge in [0.15, 0.2) is 0 Å². The fourth-order valence-corrected chi connectivity index (χ4v) is 7.79. The van der Waals surface area contributed by atoms with Crippen molar-refractivity contribution < 1.29 is 28.2 Å². The molecule has 7 aromatic carbocycles. The number of carbonyl (C=O) groups is 2. The van der Waals surface area contributed by atoms with Crippen molar-refractivity contribution in [1.29, 1.82) is 0 Å². The Labute approximate surface area is 336 Å². The van der Waals surface area contributed by atoms with Crippen LogP contribution in [0.15, 0.2) is 149 Å². The average molecular weight is 772 g/mol. The van der Waals surface area contributed by atoms with Crippen LogP contribution in [0, 0.1) is 0 Å². The third kappa shape index (κ3) is 8.88. The van der Waals surface area contributed by atoms with E-state index < -0.39 is 5.63 Å². The first kappa shape index (κ1) is 38.4. The van der Waals surface area contributed by atoms with Gasteiger partial charge in [0.2, 0.25) is 0 Å². The summed E-state index contributed by atoms with van der Waals surface area (Å²) in [6.07, 6.45) is 4.01. The van der Waals surface area contributed by atoms with E-state index in [1.165, 1.54) is 6.07 Å². The van der Waals surface area contributed by atoms with Crippen molar-refractivity contribution in [1.82, 2.24) is 4.90 Å². The largest absolute Gasteiger partial charge is 0.493 e. The summed E-state index contributed by atoms with van der Waals surface area (Å²) in [6.45, 7) is 3.49. The summed E-state index contributed by atoms with van der Waals surface area (Å²) in [5.41, 5.74) is 1.32. The molecule has 0 saturated heterocycles. The Hall–Kier alpha value is -6.51. The molecular weight excluding hydrogens is 727 g/mol. The van der Waals surface area contributed by atoms with Crippen molar-refractivity contribution in [3.8, 4) is 5.75 Å². The van der Waals surface area contributed by atoms with Crippen molar-refractivity contribution in [2.75, 3.05) is 39.5 Å². The zero-order valence-corrected chi connectivity index (χ0v) is 32.4. The summed E-state index contributed by atoms with van der Waals surface area (Å²) in [4.78, 5) is 41.1. The van der Waals surface area contributed by atoms with E-state index in [0.717, 1.165) is 93.8 Å². The molecule has 0 radical (unpaired) electrons. The molecule has 0 N–H and O–H groups in total. The number of benzene rings is 7. The van der Waals surface area contributed by atoms with E-state index in [1.54, 1.807) is 12.1 Å². The molecule has 8 nitrogen and oxygen atoms in total. The maximum atomic E-state index is 13.6. The molecule has 0 aliphatic heterocycles. The highest BCUT2D eigenvalue weighted by Crippen LogP contribution is 2.31. The van der Waals surface area contributed by atoms with Crippen LogP contribution in [0.5, 0.6) is 5.75 Å². The molecule has 8 rings (SSSR count). The van der Waals surface area contributed by atoms with Crippen molar-refractivity contribution in [3.63, 3.8) is 0 Å². The lowest BCUT2D eigenvalue weighted by Gasteiger charge is -2.22. The van der Waals surface area contributed by atoms with E-state index in [4.69, 9.17) is 18.6 Å². The molecule has 0 unspecified atom stereocenters. The Morgan fingerprint density at radius 2 is 0.931 bits per heavy atom. The van der Waals surface area contributed by atoms with Crippen LogP contribution in [-0.2, 0) is 9.47 Å². The molecule has 0 saturated carbocycles. The van der Waals surface area contributed by atoms with Gasteiger partial charge in [-0.2, -0.15) is 0 Å². The summed E-state index contributed by atoms with van der Waals surface area (Å²) < 4.78 is 23.1. The third-order valence-electron chi connectivity index (χ3n) is 10.6. The molecule has 0 fully saturated rings. The van der Waals surface area contributed by atoms with Crippen LogP contribution < -0.4 is 10.4 Å². The summed E-state index contributed by atoms with van der Waals surface area (Å²) in [6, 6.07) is 44.6. The molecule has 1 heterocycles. The van der Waals surface area contributed by atoms with E-state index in [2.05, 4.69) is 17.0 Å². The van der Waals surface area contributed by atoms with Crippen molar-refractivity contribution in [3.05, 3.63) is 161 Å². The summed E-state index contributed by atoms with van der Waals surface area (Å²) >= 11 is 0. The van der Waals surface area contributed by atoms with Gasteiger partial charge in [0.25, 0.3) is 0 Å². The standard InChI is InChI=1S/C50H45NO7/c52-46-25-23-35-22-24-40(34-45(35)58-46)55-30-12-27-51(28-13-31-57-50(54)48-43-20-8-4-16-38(43)33-39-17-5-9-21-44(39)48)26-10-1-11-29-56-49(53)47-41-18-6-2-14-36(41)32-37-15-3-7-19-42(37)47/h2-9,14-25,32-34H,1,10-13,26-31H2. The molecule has 8 heteroatoms. The van der Waals surface area contributed by atoms with Gasteiger partial charge in [0.1, 0.15) is 11.3 Å². The maximum absolute atomic E-state index is 13.6. The second kappa shape index (κ2) is 18.2. The highest BCUT2D eigenvalue weighted by Gasteiger charge is 2.18. The van der Waals surface area contributed by atoms with E-state index in [9.17, 15) is 14.4 Å². The van der Waals surface area contributed by atoms with Crippen molar-refractivity contribution >= 4 is 66.0 Å². The van der Waals surface area contributed by atoms with Gasteiger partial charge in [-0.3, -0.25) is 0 Å². The topological polar surface area (TPSA) is 95.3 Å². The van der Waals surface area contributed by atoms with Gasteiger partial charge in [0, 0.05) is 30.6 Å². The fourth-order valence-electron chi connectivity index (χ4n) is 7.79. The number of carbonyl (C=O) groups excluding carboxylic acids is 2. The molecular formula is C50H45NO7. The van der Waals surface area contributed by atoms with E-state index in [-0.39, 0.29) is 11.9 Å². The molecule has 0 aliphatic carbocycles. The van der Waals surface area contributed by atoms with E-state index in [1.807, 2.05) is 109 Å². The normalized spacial score (nSPS) is 11.5. The first-order valence-electron chi connectivity index (χ1n) is 20.1. The number of fused-ring (bicyclic) bond motifs is 5. The summed E-state index contributed by atoms with van der Waals surface area (Å²) in [7, 11) is 0. The number of ether oxygens (including phenoxy) is 3. The van der Waals surface area contributed by atoms with Crippen LogP contribution in [0.4, 0.5) is 0 Å². The second-order valence-electron chi connectivity index (χ2n) is 14.6.